The van der Waals surface area contributed by atoms with Gasteiger partial charge in [-0.15, -0.1) is 24.0 Å². The van der Waals surface area contributed by atoms with Crippen LogP contribution in [0.3, 0.4) is 0 Å². The van der Waals surface area contributed by atoms with E-state index in [1.165, 1.54) is 7.11 Å². The summed E-state index contributed by atoms with van der Waals surface area (Å²) < 4.78 is 72.1. The van der Waals surface area contributed by atoms with Crippen LogP contribution in [0.1, 0.15) is 18.4 Å². The van der Waals surface area contributed by atoms with E-state index >= 15 is 0 Å². The van der Waals surface area contributed by atoms with Crippen LogP contribution < -0.4 is 20.1 Å². The van der Waals surface area contributed by atoms with Gasteiger partial charge in [-0.2, -0.15) is 17.5 Å². The summed E-state index contributed by atoms with van der Waals surface area (Å²) in [5.74, 6) is 1.63. The van der Waals surface area contributed by atoms with Crippen LogP contribution in [0.4, 0.5) is 13.2 Å². The quantitative estimate of drug-likeness (QED) is 0.312. The van der Waals surface area contributed by atoms with Crippen LogP contribution >= 0.6 is 24.0 Å². The molecule has 0 aromatic heterocycles. The van der Waals surface area contributed by atoms with Gasteiger partial charge in [0.05, 0.1) is 14.2 Å². The molecule has 1 aliphatic rings. The first kappa shape index (κ1) is 26.6. The van der Waals surface area contributed by atoms with Crippen molar-refractivity contribution in [2.24, 2.45) is 4.99 Å². The highest BCUT2D eigenvalue weighted by Gasteiger charge is 2.50. The number of sulfonamides is 1. The third-order valence-electron chi connectivity index (χ3n) is 4.58. The maximum Gasteiger partial charge on any atom is 0.511 e. The lowest BCUT2D eigenvalue weighted by atomic mass is 10.1. The van der Waals surface area contributed by atoms with E-state index in [0.29, 0.717) is 28.3 Å². The Morgan fingerprint density at radius 1 is 1.23 bits per heavy atom. The first-order chi connectivity index (χ1) is 13.6. The van der Waals surface area contributed by atoms with E-state index in [9.17, 15) is 21.6 Å². The number of benzene rings is 1. The molecule has 2 N–H and O–H groups in total. The van der Waals surface area contributed by atoms with Gasteiger partial charge in [0.1, 0.15) is 0 Å². The second kappa shape index (κ2) is 11.2. The summed E-state index contributed by atoms with van der Waals surface area (Å²) >= 11 is 0. The highest BCUT2D eigenvalue weighted by atomic mass is 127. The number of nitrogens with one attached hydrogen (secondary N) is 2. The summed E-state index contributed by atoms with van der Waals surface area (Å²) in [5.41, 5.74) is -4.44. The van der Waals surface area contributed by atoms with E-state index in [4.69, 9.17) is 9.47 Å². The van der Waals surface area contributed by atoms with Gasteiger partial charge < -0.3 is 20.1 Å². The summed E-state index contributed by atoms with van der Waals surface area (Å²) in [6.45, 7) is -0.0399. The molecule has 172 valence electrons. The second-order valence-electron chi connectivity index (χ2n) is 6.35. The van der Waals surface area contributed by atoms with Gasteiger partial charge in [-0.25, -0.2) is 8.42 Å². The zero-order valence-corrected chi connectivity index (χ0v) is 20.0. The van der Waals surface area contributed by atoms with Crippen molar-refractivity contribution < 1.29 is 31.1 Å². The molecule has 1 heterocycles. The van der Waals surface area contributed by atoms with Crippen LogP contribution in [0.2, 0.25) is 0 Å². The molecular formula is C17H26F3IN4O4S. The summed E-state index contributed by atoms with van der Waals surface area (Å²) in [5, 5.41) is 6.23. The summed E-state index contributed by atoms with van der Waals surface area (Å²) in [7, 11) is -0.631. The molecule has 8 nitrogen and oxygen atoms in total. The molecular weight excluding hydrogens is 540 g/mol. The minimum atomic E-state index is -5.28. The van der Waals surface area contributed by atoms with Crippen molar-refractivity contribution in [2.45, 2.75) is 30.9 Å². The molecule has 1 aliphatic heterocycles. The largest absolute Gasteiger partial charge is 0.511 e. The Bertz CT molecular complexity index is 829. The van der Waals surface area contributed by atoms with Gasteiger partial charge in [-0.05, 0) is 18.9 Å². The molecule has 1 aromatic carbocycles. The van der Waals surface area contributed by atoms with Crippen molar-refractivity contribution >= 4 is 40.0 Å². The molecule has 0 spiro atoms. The molecule has 0 amide bonds. The molecule has 1 aromatic rings. The van der Waals surface area contributed by atoms with Crippen LogP contribution in [0.25, 0.3) is 0 Å². The standard InChI is InChI=1S/C17H25F3N4O4S.HI/c1-21-16(22-11-12-5-4-6-14(27-2)15(12)28-3)23-13-7-9-24(10-8-13)29(25,26)17(18,19)20;/h4-6,13H,7-11H2,1-3H3,(H2,21,22,23);1H. The van der Waals surface area contributed by atoms with E-state index < -0.39 is 15.5 Å². The number of aliphatic imine (C=N–C) groups is 1. The van der Waals surface area contributed by atoms with E-state index in [1.54, 1.807) is 20.2 Å². The Balaban J connectivity index is 0.00000450. The minimum Gasteiger partial charge on any atom is -0.493 e. The fourth-order valence-corrected chi connectivity index (χ4v) is 4.03. The second-order valence-corrected chi connectivity index (χ2v) is 8.28. The number of piperidine rings is 1. The van der Waals surface area contributed by atoms with Crippen molar-refractivity contribution in [2.75, 3.05) is 34.4 Å². The van der Waals surface area contributed by atoms with Crippen LogP contribution in [-0.2, 0) is 16.6 Å². The lowest BCUT2D eigenvalue weighted by molar-refractivity contribution is -0.0494. The van der Waals surface area contributed by atoms with Crippen molar-refractivity contribution in [1.29, 1.82) is 0 Å². The highest BCUT2D eigenvalue weighted by molar-refractivity contribution is 14.0. The summed E-state index contributed by atoms with van der Waals surface area (Å²) in [4.78, 5) is 4.11. The maximum atomic E-state index is 12.7. The number of nitrogens with zero attached hydrogens (tertiary/aromatic N) is 2. The predicted octanol–water partition coefficient (Wildman–Crippen LogP) is 2.30. The van der Waals surface area contributed by atoms with Gasteiger partial charge in [0.2, 0.25) is 0 Å². The van der Waals surface area contributed by atoms with Gasteiger partial charge in [-0.1, -0.05) is 12.1 Å². The van der Waals surface area contributed by atoms with Crippen molar-refractivity contribution in [3.8, 4) is 11.5 Å². The molecule has 0 bridgehead atoms. The monoisotopic (exact) mass is 566 g/mol. The zero-order chi connectivity index (χ0) is 21.7. The Kier molecular flexibility index (Phi) is 9.94. The molecule has 13 heteroatoms. The lowest BCUT2D eigenvalue weighted by Gasteiger charge is -2.32. The van der Waals surface area contributed by atoms with Gasteiger partial charge in [0.15, 0.2) is 17.5 Å². The van der Waals surface area contributed by atoms with Gasteiger partial charge in [0, 0.05) is 38.3 Å². The summed E-state index contributed by atoms with van der Waals surface area (Å²) in [6, 6.07) is 5.26. The lowest BCUT2D eigenvalue weighted by Crippen LogP contribution is -2.51. The molecule has 0 saturated carbocycles. The number of hydrogen-bond acceptors (Lipinski definition) is 5. The van der Waals surface area contributed by atoms with Gasteiger partial charge in [-0.3, -0.25) is 4.99 Å². The first-order valence-corrected chi connectivity index (χ1v) is 10.3. The Morgan fingerprint density at radius 2 is 1.87 bits per heavy atom. The fourth-order valence-electron chi connectivity index (χ4n) is 3.05. The van der Waals surface area contributed by atoms with Crippen LogP contribution in [0, 0.1) is 0 Å². The van der Waals surface area contributed by atoms with Crippen LogP contribution in [-0.4, -0.2) is 64.6 Å². The first-order valence-electron chi connectivity index (χ1n) is 8.87. The number of halogens is 4. The Morgan fingerprint density at radius 3 is 2.37 bits per heavy atom. The zero-order valence-electron chi connectivity index (χ0n) is 16.8. The smallest absolute Gasteiger partial charge is 0.493 e. The molecule has 0 aliphatic carbocycles. The average Bonchev–Trinajstić information content (AvgIpc) is 2.70. The van der Waals surface area contributed by atoms with Gasteiger partial charge >= 0.3 is 15.5 Å². The minimum absolute atomic E-state index is 0. The number of hydrogen-bond donors (Lipinski definition) is 2. The number of ether oxygens (including phenoxy) is 2. The fraction of sp³-hybridized carbons (Fsp3) is 0.588. The molecule has 1 fully saturated rings. The molecule has 0 radical (unpaired) electrons. The topological polar surface area (TPSA) is 92.3 Å². The third-order valence-corrected chi connectivity index (χ3v) is 6.21. The number of methoxy groups -OCH3 is 2. The number of para-hydroxylation sites is 1. The van der Waals surface area contributed by atoms with E-state index in [0.717, 1.165) is 5.56 Å². The predicted molar refractivity (Wildman–Crippen MR) is 118 cm³/mol. The number of guanidine groups is 1. The van der Waals surface area contributed by atoms with Crippen LogP contribution in [0.5, 0.6) is 11.5 Å². The summed E-state index contributed by atoms with van der Waals surface area (Å²) in [6.07, 6.45) is 0.469. The molecule has 2 rings (SSSR count). The number of rotatable bonds is 6. The highest BCUT2D eigenvalue weighted by Crippen LogP contribution is 2.31. The molecule has 0 atom stereocenters. The normalized spacial score (nSPS) is 16.5. The van der Waals surface area contributed by atoms with Crippen LogP contribution in [0.15, 0.2) is 23.2 Å². The Hall–Kier alpha value is -1.48. The Labute approximate surface area is 191 Å². The van der Waals surface area contributed by atoms with Crippen molar-refractivity contribution in [3.05, 3.63) is 23.8 Å². The van der Waals surface area contributed by atoms with Crippen molar-refractivity contribution in [3.63, 3.8) is 0 Å². The van der Waals surface area contributed by atoms with E-state index in [-0.39, 0.29) is 55.9 Å². The SMILES string of the molecule is CN=C(NCc1cccc(OC)c1OC)NC1CCN(S(=O)(=O)C(F)(F)F)CC1.I. The maximum absolute atomic E-state index is 12.7. The molecule has 0 unspecified atom stereocenters. The van der Waals surface area contributed by atoms with Crippen molar-refractivity contribution in [1.82, 2.24) is 14.9 Å². The molecule has 1 saturated heterocycles. The average molecular weight is 566 g/mol. The third kappa shape index (κ3) is 6.26. The number of alkyl halides is 3. The van der Waals surface area contributed by atoms with E-state index in [2.05, 4.69) is 15.6 Å². The molecule has 30 heavy (non-hydrogen) atoms. The van der Waals surface area contributed by atoms with E-state index in [1.807, 2.05) is 12.1 Å². The van der Waals surface area contributed by atoms with Gasteiger partial charge in [0.25, 0.3) is 0 Å².